The number of amides is 1. The number of ether oxygens (including phenoxy) is 1. The average Bonchev–Trinajstić information content (AvgIpc) is 3.29. The Morgan fingerprint density at radius 2 is 1.84 bits per heavy atom. The molecule has 2 heterocycles. The van der Waals surface area contributed by atoms with E-state index in [0.29, 0.717) is 59.3 Å². The van der Waals surface area contributed by atoms with Gasteiger partial charge < -0.3 is 30.1 Å². The highest BCUT2D eigenvalue weighted by molar-refractivity contribution is 7.12. The molecule has 1 aliphatic rings. The molecule has 0 spiro atoms. The van der Waals surface area contributed by atoms with Gasteiger partial charge in [-0.25, -0.2) is 9.79 Å². The number of piperazine rings is 1. The topological polar surface area (TPSA) is 133 Å². The number of aliphatic hydroxyl groups is 2. The van der Waals surface area contributed by atoms with E-state index in [2.05, 4.69) is 10.4 Å². The Morgan fingerprint density at radius 3 is 2.38 bits per heavy atom. The van der Waals surface area contributed by atoms with Crippen LogP contribution in [-0.2, 0) is 15.1 Å². The van der Waals surface area contributed by atoms with Gasteiger partial charge in [0.2, 0.25) is 11.2 Å². The molecular weight excluding hydrogens is 496 g/mol. The number of allylic oxidation sites excluding steroid dienone is 1. The smallest absolute Gasteiger partial charge is 0.410 e. The molecule has 1 amide bonds. The minimum atomic E-state index is -1.44. The summed E-state index contributed by atoms with van der Waals surface area (Å²) in [5.74, 6) is 0.669. The molecule has 0 radical (unpaired) electrons. The third-order valence-corrected chi connectivity index (χ3v) is 6.78. The highest BCUT2D eigenvalue weighted by Crippen LogP contribution is 2.30. The molecule has 3 rings (SSSR count). The van der Waals surface area contributed by atoms with Crippen molar-refractivity contribution in [3.8, 4) is 10.6 Å². The number of carbonyl (C=O) groups is 2. The summed E-state index contributed by atoms with van der Waals surface area (Å²) >= 11 is 1.23. The van der Waals surface area contributed by atoms with Crippen LogP contribution in [-0.4, -0.2) is 87.7 Å². The van der Waals surface area contributed by atoms with Crippen molar-refractivity contribution in [1.29, 1.82) is 0 Å². The molecule has 0 saturated carbocycles. The maximum absolute atomic E-state index is 12.4. The first-order chi connectivity index (χ1) is 17.4. The molecule has 2 aromatic rings. The largest absolute Gasteiger partial charge is 0.444 e. The van der Waals surface area contributed by atoms with Gasteiger partial charge in [0.1, 0.15) is 22.0 Å². The van der Waals surface area contributed by atoms with E-state index in [4.69, 9.17) is 9.73 Å². The first-order valence-corrected chi connectivity index (χ1v) is 12.9. The Balaban J connectivity index is 1.87. The van der Waals surface area contributed by atoms with Gasteiger partial charge in [-0.2, -0.15) is 9.78 Å². The fraction of sp³-hybridized carbons (Fsp3) is 0.520. The highest BCUT2D eigenvalue weighted by Gasteiger charge is 2.27. The van der Waals surface area contributed by atoms with Crippen LogP contribution in [0, 0.1) is 0 Å². The number of rotatable bonds is 7. The lowest BCUT2D eigenvalue weighted by Crippen LogP contribution is -2.49. The second kappa shape index (κ2) is 11.4. The molecule has 12 heteroatoms. The van der Waals surface area contributed by atoms with Gasteiger partial charge in [-0.05, 0) is 64.5 Å². The number of anilines is 1. The van der Waals surface area contributed by atoms with Crippen molar-refractivity contribution in [2.45, 2.75) is 45.8 Å². The van der Waals surface area contributed by atoms with Crippen molar-refractivity contribution < 1.29 is 24.5 Å². The van der Waals surface area contributed by atoms with E-state index in [1.807, 2.05) is 44.7 Å². The van der Waals surface area contributed by atoms with Crippen molar-refractivity contribution in [1.82, 2.24) is 19.6 Å². The number of nitrogens with zero attached hydrogens (tertiary/aromatic N) is 5. The fourth-order valence-corrected chi connectivity index (χ4v) is 4.57. The predicted octanol–water partition coefficient (Wildman–Crippen LogP) is 2.21. The van der Waals surface area contributed by atoms with Crippen LogP contribution in [0.25, 0.3) is 10.6 Å². The summed E-state index contributed by atoms with van der Waals surface area (Å²) in [6.45, 7) is 10.6. The van der Waals surface area contributed by atoms with Crippen molar-refractivity contribution >= 4 is 29.5 Å². The standard InChI is InChI=1S/C25H36N6O5S/c1-7-20(29-8-10-30(11-9-29)23(34)36-24(2,3)4)27-22-31(16-33)28-21(37-22)17-12-18(25(5,35)15-32)14-19(13-17)26-6/h7,12-14,16,26,32,35H,8-11,15H2,1-6H3/b20-7?,27-22+. The molecule has 11 nitrogen and oxygen atoms in total. The quantitative estimate of drug-likeness (QED) is 0.463. The van der Waals surface area contributed by atoms with E-state index in [9.17, 15) is 19.8 Å². The Labute approximate surface area is 220 Å². The summed E-state index contributed by atoms with van der Waals surface area (Å²) in [7, 11) is 1.76. The summed E-state index contributed by atoms with van der Waals surface area (Å²) < 4.78 is 6.65. The highest BCUT2D eigenvalue weighted by atomic mass is 32.1. The molecular formula is C25H36N6O5S. The average molecular weight is 533 g/mol. The van der Waals surface area contributed by atoms with Crippen molar-refractivity contribution in [2.24, 2.45) is 4.99 Å². The summed E-state index contributed by atoms with van der Waals surface area (Å²) in [4.78, 5) is 33.0. The van der Waals surface area contributed by atoms with Crippen LogP contribution in [0.15, 0.2) is 35.1 Å². The van der Waals surface area contributed by atoms with Crippen LogP contribution in [0.5, 0.6) is 0 Å². The number of benzene rings is 1. The first-order valence-electron chi connectivity index (χ1n) is 12.1. The van der Waals surface area contributed by atoms with Gasteiger partial charge in [0.05, 0.1) is 6.61 Å². The number of aliphatic hydroxyl groups excluding tert-OH is 1. The Morgan fingerprint density at radius 1 is 1.19 bits per heavy atom. The molecule has 1 atom stereocenters. The molecule has 37 heavy (non-hydrogen) atoms. The molecule has 202 valence electrons. The molecule has 1 fully saturated rings. The van der Waals surface area contributed by atoms with Gasteiger partial charge >= 0.3 is 6.09 Å². The minimum absolute atomic E-state index is 0.333. The summed E-state index contributed by atoms with van der Waals surface area (Å²) in [6, 6.07) is 5.34. The number of aromatic nitrogens is 2. The summed E-state index contributed by atoms with van der Waals surface area (Å²) in [6.07, 6.45) is 2.12. The zero-order valence-corrected chi connectivity index (χ0v) is 23.0. The number of hydrogen-bond acceptors (Lipinski definition) is 10. The molecule has 0 aliphatic carbocycles. The number of hydrogen-bond donors (Lipinski definition) is 3. The van der Waals surface area contributed by atoms with Gasteiger partial charge in [-0.1, -0.05) is 11.3 Å². The number of carbonyl (C=O) groups excluding carboxylic acids is 2. The second-order valence-electron chi connectivity index (χ2n) is 9.93. The van der Waals surface area contributed by atoms with Crippen LogP contribution in [0.2, 0.25) is 0 Å². The van der Waals surface area contributed by atoms with Crippen molar-refractivity contribution in [3.63, 3.8) is 0 Å². The van der Waals surface area contributed by atoms with E-state index in [1.54, 1.807) is 24.1 Å². The van der Waals surface area contributed by atoms with Gasteiger partial charge in [0.15, 0.2) is 0 Å². The van der Waals surface area contributed by atoms with Crippen LogP contribution >= 0.6 is 11.3 Å². The van der Waals surface area contributed by atoms with Crippen molar-refractivity contribution in [3.05, 3.63) is 40.5 Å². The molecule has 1 aromatic carbocycles. The lowest BCUT2D eigenvalue weighted by Gasteiger charge is -2.36. The molecule has 1 aromatic heterocycles. The summed E-state index contributed by atoms with van der Waals surface area (Å²) in [5.41, 5.74) is -0.0757. The zero-order chi connectivity index (χ0) is 27.4. The maximum atomic E-state index is 12.4. The second-order valence-corrected chi connectivity index (χ2v) is 10.9. The SMILES string of the molecule is CC=C(/N=c1/sc(-c2cc(NC)cc(C(C)(O)CO)c2)nn1C=O)N1CCN(C(=O)OC(C)(C)C)CC1. The van der Waals surface area contributed by atoms with Gasteiger partial charge in [0, 0.05) is 44.5 Å². The molecule has 0 bridgehead atoms. The van der Waals surface area contributed by atoms with E-state index in [1.165, 1.54) is 22.9 Å². The first kappa shape index (κ1) is 28.4. The van der Waals surface area contributed by atoms with E-state index >= 15 is 0 Å². The zero-order valence-electron chi connectivity index (χ0n) is 22.2. The lowest BCUT2D eigenvalue weighted by atomic mass is 9.94. The van der Waals surface area contributed by atoms with Crippen LogP contribution in [0.1, 0.15) is 40.2 Å². The van der Waals surface area contributed by atoms with Gasteiger partial charge in [-0.15, -0.1) is 0 Å². The Hall–Kier alpha value is -3.22. The Kier molecular flexibility index (Phi) is 8.77. The Bertz CT molecular complexity index is 1220. The molecule has 1 saturated heterocycles. The van der Waals surface area contributed by atoms with Crippen LogP contribution in [0.4, 0.5) is 10.5 Å². The monoisotopic (exact) mass is 532 g/mol. The van der Waals surface area contributed by atoms with Crippen molar-refractivity contribution in [2.75, 3.05) is 45.2 Å². The van der Waals surface area contributed by atoms with Gasteiger partial charge in [0.25, 0.3) is 0 Å². The minimum Gasteiger partial charge on any atom is -0.444 e. The van der Waals surface area contributed by atoms with Crippen LogP contribution < -0.4 is 10.1 Å². The van der Waals surface area contributed by atoms with Crippen LogP contribution in [0.3, 0.4) is 0 Å². The van der Waals surface area contributed by atoms with E-state index in [0.717, 1.165) is 5.69 Å². The van der Waals surface area contributed by atoms with Gasteiger partial charge in [-0.3, -0.25) is 4.79 Å². The van der Waals surface area contributed by atoms with E-state index in [-0.39, 0.29) is 6.09 Å². The third-order valence-electron chi connectivity index (χ3n) is 5.80. The maximum Gasteiger partial charge on any atom is 0.410 e. The number of nitrogens with one attached hydrogen (secondary N) is 1. The normalized spacial score (nSPS) is 17.0. The lowest BCUT2D eigenvalue weighted by molar-refractivity contribution is -0.00221. The predicted molar refractivity (Wildman–Crippen MR) is 143 cm³/mol. The van der Waals surface area contributed by atoms with E-state index < -0.39 is 17.8 Å². The third kappa shape index (κ3) is 6.96. The molecule has 3 N–H and O–H groups in total. The summed E-state index contributed by atoms with van der Waals surface area (Å²) in [5, 5.41) is 28.2. The fourth-order valence-electron chi connectivity index (χ4n) is 3.71. The molecule has 1 aliphatic heterocycles. The molecule has 1 unspecified atom stereocenters.